The molecule has 1 aromatic heterocycles. The van der Waals surface area contributed by atoms with Crippen molar-refractivity contribution in [2.75, 3.05) is 24.5 Å². The van der Waals surface area contributed by atoms with Gasteiger partial charge in [0, 0.05) is 24.8 Å². The molecule has 1 N–H and O–H groups in total. The van der Waals surface area contributed by atoms with Crippen molar-refractivity contribution in [3.8, 4) is 0 Å². The lowest BCUT2D eigenvalue weighted by atomic mass is 9.81. The van der Waals surface area contributed by atoms with Crippen molar-refractivity contribution < 1.29 is 0 Å². The van der Waals surface area contributed by atoms with Crippen molar-refractivity contribution in [2.45, 2.75) is 37.6 Å². The normalized spacial score (nSPS) is 29.5. The zero-order valence-electron chi connectivity index (χ0n) is 10.4. The summed E-state index contributed by atoms with van der Waals surface area (Å²) in [6.45, 7) is 3.52. The topological polar surface area (TPSA) is 28.2 Å². The van der Waals surface area contributed by atoms with Gasteiger partial charge in [0.2, 0.25) is 0 Å². The lowest BCUT2D eigenvalue weighted by Crippen LogP contribution is -2.59. The first-order valence-corrected chi connectivity index (χ1v) is 6.78. The van der Waals surface area contributed by atoms with Crippen molar-refractivity contribution >= 4 is 5.69 Å². The van der Waals surface area contributed by atoms with Gasteiger partial charge in [0.25, 0.3) is 0 Å². The SMILES string of the molecule is c1cncc(N2CCCC3(CCCCN3)C2)c1. The summed E-state index contributed by atoms with van der Waals surface area (Å²) < 4.78 is 0. The number of hydrogen-bond donors (Lipinski definition) is 1. The van der Waals surface area contributed by atoms with Crippen molar-refractivity contribution in [1.29, 1.82) is 0 Å². The first-order valence-electron chi connectivity index (χ1n) is 6.78. The van der Waals surface area contributed by atoms with Gasteiger partial charge in [0.05, 0.1) is 11.9 Å². The van der Waals surface area contributed by atoms with Crippen LogP contribution in [0, 0.1) is 0 Å². The molecule has 0 radical (unpaired) electrons. The molecule has 2 saturated heterocycles. The largest absolute Gasteiger partial charge is 0.368 e. The Morgan fingerprint density at radius 3 is 2.94 bits per heavy atom. The van der Waals surface area contributed by atoms with Crippen LogP contribution in [0.3, 0.4) is 0 Å². The van der Waals surface area contributed by atoms with Gasteiger partial charge in [0.1, 0.15) is 0 Å². The van der Waals surface area contributed by atoms with Crippen LogP contribution in [0.15, 0.2) is 24.5 Å². The Balaban J connectivity index is 1.75. The van der Waals surface area contributed by atoms with Crippen molar-refractivity contribution in [2.24, 2.45) is 0 Å². The number of hydrogen-bond acceptors (Lipinski definition) is 3. The van der Waals surface area contributed by atoms with Crippen LogP contribution in [0.4, 0.5) is 5.69 Å². The molecule has 92 valence electrons. The first-order chi connectivity index (χ1) is 8.38. The molecule has 0 saturated carbocycles. The minimum absolute atomic E-state index is 0.381. The molecule has 2 aliphatic heterocycles. The Hall–Kier alpha value is -1.09. The summed E-state index contributed by atoms with van der Waals surface area (Å²) in [5.74, 6) is 0. The first kappa shape index (κ1) is 11.0. The minimum Gasteiger partial charge on any atom is -0.368 e. The molecule has 3 rings (SSSR count). The third-order valence-corrected chi connectivity index (χ3v) is 4.17. The number of pyridine rings is 1. The molecular weight excluding hydrogens is 210 g/mol. The second-order valence-corrected chi connectivity index (χ2v) is 5.40. The number of piperidine rings is 2. The number of rotatable bonds is 1. The molecule has 0 aliphatic carbocycles. The smallest absolute Gasteiger partial charge is 0.0553 e. The molecule has 1 atom stereocenters. The second kappa shape index (κ2) is 4.65. The molecule has 3 heterocycles. The zero-order valence-corrected chi connectivity index (χ0v) is 10.4. The molecule has 3 nitrogen and oxygen atoms in total. The van der Waals surface area contributed by atoms with Crippen LogP contribution in [0.5, 0.6) is 0 Å². The fourth-order valence-electron chi connectivity index (χ4n) is 3.27. The summed E-state index contributed by atoms with van der Waals surface area (Å²) in [6, 6.07) is 4.21. The fraction of sp³-hybridized carbons (Fsp3) is 0.643. The Morgan fingerprint density at radius 1 is 1.24 bits per heavy atom. The van der Waals surface area contributed by atoms with Gasteiger partial charge in [-0.2, -0.15) is 0 Å². The van der Waals surface area contributed by atoms with Crippen LogP contribution in [0.1, 0.15) is 32.1 Å². The van der Waals surface area contributed by atoms with E-state index in [-0.39, 0.29) is 0 Å². The van der Waals surface area contributed by atoms with Gasteiger partial charge in [-0.15, -0.1) is 0 Å². The molecule has 1 aromatic rings. The van der Waals surface area contributed by atoms with Crippen molar-refractivity contribution in [3.63, 3.8) is 0 Å². The highest BCUT2D eigenvalue weighted by Crippen LogP contribution is 2.31. The molecule has 0 aromatic carbocycles. The standard InChI is InChI=1S/C14H21N3/c1-2-9-16-14(6-1)7-4-10-17(12-14)13-5-3-8-15-11-13/h3,5,8,11,16H,1-2,4,6-7,9-10,12H2. The quantitative estimate of drug-likeness (QED) is 0.803. The van der Waals surface area contributed by atoms with E-state index in [1.165, 1.54) is 50.9 Å². The maximum absolute atomic E-state index is 4.23. The van der Waals surface area contributed by atoms with Crippen LogP contribution in [0.25, 0.3) is 0 Å². The third kappa shape index (κ3) is 2.29. The average Bonchev–Trinajstić information content (AvgIpc) is 2.41. The summed E-state index contributed by atoms with van der Waals surface area (Å²) in [4.78, 5) is 6.73. The molecule has 2 aliphatic rings. The molecule has 17 heavy (non-hydrogen) atoms. The maximum atomic E-state index is 4.23. The molecule has 2 fully saturated rings. The number of nitrogens with zero attached hydrogens (tertiary/aromatic N) is 2. The van der Waals surface area contributed by atoms with Crippen LogP contribution in [-0.4, -0.2) is 30.2 Å². The van der Waals surface area contributed by atoms with Gasteiger partial charge in [-0.25, -0.2) is 0 Å². The Bertz CT molecular complexity index is 351. The van der Waals surface area contributed by atoms with Gasteiger partial charge < -0.3 is 10.2 Å². The van der Waals surface area contributed by atoms with E-state index in [0.717, 1.165) is 6.54 Å². The molecule has 0 amide bonds. The van der Waals surface area contributed by atoms with E-state index in [0.29, 0.717) is 5.54 Å². The highest BCUT2D eigenvalue weighted by Gasteiger charge is 2.36. The van der Waals surface area contributed by atoms with Crippen LogP contribution < -0.4 is 10.2 Å². The summed E-state index contributed by atoms with van der Waals surface area (Å²) in [5.41, 5.74) is 1.66. The molecule has 1 unspecified atom stereocenters. The van der Waals surface area contributed by atoms with E-state index < -0.39 is 0 Å². The van der Waals surface area contributed by atoms with E-state index in [4.69, 9.17) is 0 Å². The third-order valence-electron chi connectivity index (χ3n) is 4.17. The van der Waals surface area contributed by atoms with Gasteiger partial charge in [-0.1, -0.05) is 6.42 Å². The summed E-state index contributed by atoms with van der Waals surface area (Å²) in [6.07, 6.45) is 10.5. The monoisotopic (exact) mass is 231 g/mol. The Kier molecular flexibility index (Phi) is 3.02. The van der Waals surface area contributed by atoms with E-state index in [1.54, 1.807) is 0 Å². The summed E-state index contributed by atoms with van der Waals surface area (Å²) in [7, 11) is 0. The highest BCUT2D eigenvalue weighted by molar-refractivity contribution is 5.44. The van der Waals surface area contributed by atoms with Crippen LogP contribution in [0.2, 0.25) is 0 Å². The fourth-order valence-corrected chi connectivity index (χ4v) is 3.27. The van der Waals surface area contributed by atoms with Crippen LogP contribution >= 0.6 is 0 Å². The Morgan fingerprint density at radius 2 is 2.18 bits per heavy atom. The van der Waals surface area contributed by atoms with E-state index >= 15 is 0 Å². The summed E-state index contributed by atoms with van der Waals surface area (Å²) in [5, 5.41) is 3.77. The van der Waals surface area contributed by atoms with E-state index in [1.807, 2.05) is 18.5 Å². The van der Waals surface area contributed by atoms with Gasteiger partial charge >= 0.3 is 0 Å². The van der Waals surface area contributed by atoms with Crippen molar-refractivity contribution in [1.82, 2.24) is 10.3 Å². The number of anilines is 1. The molecule has 1 spiro atoms. The molecule has 0 bridgehead atoms. The van der Waals surface area contributed by atoms with Crippen LogP contribution in [-0.2, 0) is 0 Å². The predicted molar refractivity (Wildman–Crippen MR) is 70.3 cm³/mol. The minimum atomic E-state index is 0.381. The predicted octanol–water partition coefficient (Wildman–Crippen LogP) is 2.19. The Labute approximate surface area is 103 Å². The lowest BCUT2D eigenvalue weighted by Gasteiger charge is -2.46. The second-order valence-electron chi connectivity index (χ2n) is 5.40. The number of aromatic nitrogens is 1. The van der Waals surface area contributed by atoms with E-state index in [2.05, 4.69) is 21.3 Å². The number of nitrogens with one attached hydrogen (secondary N) is 1. The lowest BCUT2D eigenvalue weighted by molar-refractivity contribution is 0.216. The van der Waals surface area contributed by atoms with Gasteiger partial charge in [-0.05, 0) is 44.4 Å². The summed E-state index contributed by atoms with van der Waals surface area (Å²) >= 11 is 0. The maximum Gasteiger partial charge on any atom is 0.0553 e. The van der Waals surface area contributed by atoms with Gasteiger partial charge in [0.15, 0.2) is 0 Å². The van der Waals surface area contributed by atoms with Crippen molar-refractivity contribution in [3.05, 3.63) is 24.5 Å². The molecule has 3 heteroatoms. The highest BCUT2D eigenvalue weighted by atomic mass is 15.2. The average molecular weight is 231 g/mol. The molecular formula is C14H21N3. The van der Waals surface area contributed by atoms with E-state index in [9.17, 15) is 0 Å². The van der Waals surface area contributed by atoms with Gasteiger partial charge in [-0.3, -0.25) is 4.98 Å². The zero-order chi connectivity index (χ0) is 11.6.